The van der Waals surface area contributed by atoms with E-state index < -0.39 is 0 Å². The van der Waals surface area contributed by atoms with Gasteiger partial charge in [-0.3, -0.25) is 0 Å². The maximum Gasteiger partial charge on any atom is 0.0644 e. The molecule has 0 rings (SSSR count). The summed E-state index contributed by atoms with van der Waals surface area (Å²) in [6.45, 7) is 6.90. The molecule has 6 heavy (non-hydrogen) atoms. The van der Waals surface area contributed by atoms with Crippen LogP contribution in [0.25, 0.3) is 0 Å². The summed E-state index contributed by atoms with van der Waals surface area (Å²) in [5.41, 5.74) is 0. The van der Waals surface area contributed by atoms with Crippen LogP contribution in [0, 0.1) is 0 Å². The Kier molecular flexibility index (Phi) is 4.46. The van der Waals surface area contributed by atoms with Crippen LogP contribution in [0.15, 0.2) is 12.7 Å². The van der Waals surface area contributed by atoms with Gasteiger partial charge in [0.1, 0.15) is 0 Å². The standard InChI is InChI=1S/C5H10O/c1-3-5-6-4-2/h3H,1,4-5H2,2H3/i4+2. The first-order valence-corrected chi connectivity index (χ1v) is 2.10. The van der Waals surface area contributed by atoms with Crippen LogP contribution in [0.1, 0.15) is 6.92 Å². The van der Waals surface area contributed by atoms with Gasteiger partial charge < -0.3 is 4.74 Å². The summed E-state index contributed by atoms with van der Waals surface area (Å²) < 4.78 is 4.86. The van der Waals surface area contributed by atoms with Crippen molar-refractivity contribution in [1.29, 1.82) is 0 Å². The Balaban J connectivity index is 2.49. The Labute approximate surface area is 38.6 Å². The van der Waals surface area contributed by atoms with Crippen molar-refractivity contribution in [3.63, 3.8) is 0 Å². The van der Waals surface area contributed by atoms with E-state index in [4.69, 9.17) is 4.74 Å². The molecule has 36 valence electrons. The quantitative estimate of drug-likeness (QED) is 0.372. The number of rotatable bonds is 3. The predicted molar refractivity (Wildman–Crippen MR) is 26.7 cm³/mol. The summed E-state index contributed by atoms with van der Waals surface area (Å²) in [5, 5.41) is 0. The molecule has 0 saturated carbocycles. The second-order valence-corrected chi connectivity index (χ2v) is 0.948. The van der Waals surface area contributed by atoms with Crippen LogP contribution in [0.2, 0.25) is 0 Å². The highest BCUT2D eigenvalue weighted by molar-refractivity contribution is 4.62. The summed E-state index contributed by atoms with van der Waals surface area (Å²) >= 11 is 0. The minimum atomic E-state index is 0.677. The third kappa shape index (κ3) is 3.70. The predicted octanol–water partition coefficient (Wildman–Crippen LogP) is 1.21. The van der Waals surface area contributed by atoms with Crippen molar-refractivity contribution in [2.24, 2.45) is 0 Å². The highest BCUT2D eigenvalue weighted by atomic mass is 16.6. The molecule has 0 aromatic carbocycles. The average molecular weight is 88.1 g/mol. The van der Waals surface area contributed by atoms with E-state index in [0.717, 1.165) is 6.61 Å². The van der Waals surface area contributed by atoms with Gasteiger partial charge in [-0.25, -0.2) is 0 Å². The molecular formula is C5H10O. The molecule has 0 radical (unpaired) electrons. The van der Waals surface area contributed by atoms with E-state index in [1.165, 1.54) is 0 Å². The fourth-order valence-corrected chi connectivity index (χ4v) is 0.201. The molecule has 0 aromatic rings. The Hall–Kier alpha value is -0.300. The molecule has 0 heterocycles. The smallest absolute Gasteiger partial charge is 0.0644 e. The lowest BCUT2D eigenvalue weighted by Crippen LogP contribution is -1.86. The van der Waals surface area contributed by atoms with Gasteiger partial charge in [0.2, 0.25) is 0 Å². The van der Waals surface area contributed by atoms with Crippen molar-refractivity contribution < 1.29 is 4.74 Å². The number of hydrogen-bond acceptors (Lipinski definition) is 1. The van der Waals surface area contributed by atoms with Crippen LogP contribution in [-0.2, 0) is 4.74 Å². The zero-order valence-electron chi connectivity index (χ0n) is 4.11. The third-order valence-electron chi connectivity index (χ3n) is 0.440. The van der Waals surface area contributed by atoms with Crippen LogP contribution >= 0.6 is 0 Å². The van der Waals surface area contributed by atoms with Crippen LogP contribution in [0.5, 0.6) is 0 Å². The largest absolute Gasteiger partial charge is 0.378 e. The third-order valence-corrected chi connectivity index (χ3v) is 0.440. The van der Waals surface area contributed by atoms with Crippen LogP contribution in [0.3, 0.4) is 0 Å². The molecule has 0 unspecified atom stereocenters. The van der Waals surface area contributed by atoms with Gasteiger partial charge in [0.15, 0.2) is 0 Å². The highest BCUT2D eigenvalue weighted by Gasteiger charge is 1.67. The minimum absolute atomic E-state index is 0.677. The fraction of sp³-hybridized carbons (Fsp3) is 0.600. The Morgan fingerprint density at radius 1 is 2.00 bits per heavy atom. The monoisotopic (exact) mass is 88.1 g/mol. The average Bonchev–Trinajstić information content (AvgIpc) is 1.61. The maximum atomic E-state index is 4.86. The van der Waals surface area contributed by atoms with E-state index in [-0.39, 0.29) is 0 Å². The van der Waals surface area contributed by atoms with Crippen LogP contribution in [0.4, 0.5) is 0 Å². The molecule has 0 fully saturated rings. The summed E-state index contributed by atoms with van der Waals surface area (Å²) in [5.74, 6) is 0. The molecule has 0 aromatic heterocycles. The molecule has 1 heteroatoms. The van der Waals surface area contributed by atoms with E-state index >= 15 is 0 Å². The van der Waals surface area contributed by atoms with Crippen LogP contribution < -0.4 is 0 Å². The highest BCUT2D eigenvalue weighted by Crippen LogP contribution is 1.69. The zero-order chi connectivity index (χ0) is 4.83. The minimum Gasteiger partial charge on any atom is -0.378 e. The van der Waals surface area contributed by atoms with Gasteiger partial charge in [0.05, 0.1) is 6.61 Å². The Morgan fingerprint density at radius 2 is 2.67 bits per heavy atom. The first-order valence-electron chi connectivity index (χ1n) is 2.10. The molecule has 0 saturated heterocycles. The van der Waals surface area contributed by atoms with Gasteiger partial charge in [0.25, 0.3) is 0 Å². The van der Waals surface area contributed by atoms with Gasteiger partial charge in [-0.15, -0.1) is 6.58 Å². The van der Waals surface area contributed by atoms with Gasteiger partial charge >= 0.3 is 0 Å². The fourth-order valence-electron chi connectivity index (χ4n) is 0.201. The van der Waals surface area contributed by atoms with E-state index in [9.17, 15) is 0 Å². The lowest BCUT2D eigenvalue weighted by molar-refractivity contribution is 0.178. The van der Waals surface area contributed by atoms with E-state index in [1.54, 1.807) is 6.08 Å². The van der Waals surface area contributed by atoms with Crippen LogP contribution in [-0.4, -0.2) is 13.2 Å². The first-order chi connectivity index (χ1) is 2.91. The van der Waals surface area contributed by atoms with E-state index in [1.807, 2.05) is 6.92 Å². The molecule has 0 aliphatic heterocycles. The van der Waals surface area contributed by atoms with E-state index in [2.05, 4.69) is 6.58 Å². The molecule has 0 N–H and O–H groups in total. The topological polar surface area (TPSA) is 9.23 Å². The summed E-state index contributed by atoms with van der Waals surface area (Å²) in [4.78, 5) is 0. The van der Waals surface area contributed by atoms with Crippen molar-refractivity contribution in [3.8, 4) is 0 Å². The molecule has 1 nitrogen and oxygen atoms in total. The van der Waals surface area contributed by atoms with Crippen molar-refractivity contribution in [2.75, 3.05) is 13.2 Å². The van der Waals surface area contributed by atoms with Crippen molar-refractivity contribution in [1.82, 2.24) is 0 Å². The van der Waals surface area contributed by atoms with Crippen molar-refractivity contribution in [2.45, 2.75) is 6.92 Å². The second-order valence-electron chi connectivity index (χ2n) is 0.948. The molecule has 0 bridgehead atoms. The second kappa shape index (κ2) is 4.70. The number of hydrogen-bond donors (Lipinski definition) is 0. The molecule has 0 aliphatic carbocycles. The van der Waals surface area contributed by atoms with Crippen molar-refractivity contribution in [3.05, 3.63) is 12.7 Å². The Morgan fingerprint density at radius 3 is 2.83 bits per heavy atom. The normalized spacial score (nSPS) is 8.17. The zero-order valence-corrected chi connectivity index (χ0v) is 4.11. The maximum absolute atomic E-state index is 4.86. The first kappa shape index (κ1) is 5.70. The van der Waals surface area contributed by atoms with Gasteiger partial charge in [0, 0.05) is 6.61 Å². The van der Waals surface area contributed by atoms with E-state index in [0.29, 0.717) is 6.61 Å². The van der Waals surface area contributed by atoms with Gasteiger partial charge in [-0.1, -0.05) is 6.08 Å². The van der Waals surface area contributed by atoms with Gasteiger partial charge in [-0.2, -0.15) is 0 Å². The molecule has 0 amide bonds. The summed E-state index contributed by atoms with van der Waals surface area (Å²) in [6, 6.07) is 0. The molecular weight excluding hydrogens is 78.0 g/mol. The number of ether oxygens (including phenoxy) is 1. The Bertz CT molecular complexity index is 32.9. The molecule has 0 spiro atoms. The lowest BCUT2D eigenvalue weighted by Gasteiger charge is -1.88. The lowest BCUT2D eigenvalue weighted by atomic mass is 10.7. The summed E-state index contributed by atoms with van der Waals surface area (Å²) in [7, 11) is 0. The van der Waals surface area contributed by atoms with Crippen molar-refractivity contribution >= 4 is 0 Å². The summed E-state index contributed by atoms with van der Waals surface area (Å²) in [6.07, 6.45) is 1.74. The van der Waals surface area contributed by atoms with Gasteiger partial charge in [-0.05, 0) is 6.92 Å². The SMILES string of the molecule is C=CCO[14CH2]C. The molecule has 0 atom stereocenters. The molecule has 0 aliphatic rings.